The third kappa shape index (κ3) is 4.64. The van der Waals surface area contributed by atoms with Crippen molar-refractivity contribution < 1.29 is 9.53 Å². The number of carbonyl (C=O) groups is 1. The van der Waals surface area contributed by atoms with E-state index < -0.39 is 0 Å². The monoisotopic (exact) mass is 266 g/mol. The smallest absolute Gasteiger partial charge is 0.325 e. The Hall–Kier alpha value is -1.73. The molecule has 0 fully saturated rings. The Morgan fingerprint density at radius 1 is 1.56 bits per heavy atom. The number of nitriles is 1. The quantitative estimate of drug-likeness (QED) is 0.635. The summed E-state index contributed by atoms with van der Waals surface area (Å²) in [4.78, 5) is 11.3. The minimum atomic E-state index is -0.302. The van der Waals surface area contributed by atoms with Gasteiger partial charge in [-0.1, -0.05) is 24.9 Å². The van der Waals surface area contributed by atoms with Crippen LogP contribution < -0.4 is 5.32 Å². The lowest BCUT2D eigenvalue weighted by atomic mass is 10.2. The fourth-order valence-electron chi connectivity index (χ4n) is 1.27. The first-order chi connectivity index (χ1) is 8.67. The van der Waals surface area contributed by atoms with E-state index >= 15 is 0 Å². The van der Waals surface area contributed by atoms with Gasteiger partial charge in [0.1, 0.15) is 12.6 Å². The summed E-state index contributed by atoms with van der Waals surface area (Å²) in [6.07, 6.45) is 1.86. The Balaban J connectivity index is 2.42. The van der Waals surface area contributed by atoms with Crippen LogP contribution in [0.25, 0.3) is 0 Å². The molecular formula is C13H15ClN2O2. The van der Waals surface area contributed by atoms with E-state index in [9.17, 15) is 4.79 Å². The molecule has 1 rings (SSSR count). The highest BCUT2D eigenvalue weighted by atomic mass is 35.5. The Labute approximate surface area is 112 Å². The van der Waals surface area contributed by atoms with E-state index in [2.05, 4.69) is 5.32 Å². The predicted octanol–water partition coefficient (Wildman–Crippen LogP) is 2.97. The lowest BCUT2D eigenvalue weighted by Gasteiger charge is -2.07. The maximum Gasteiger partial charge on any atom is 0.325 e. The molecule has 0 spiro atoms. The third-order valence-corrected chi connectivity index (χ3v) is 2.60. The number of hydrogen-bond acceptors (Lipinski definition) is 4. The van der Waals surface area contributed by atoms with Gasteiger partial charge in [-0.3, -0.25) is 4.79 Å². The largest absolute Gasteiger partial charge is 0.464 e. The molecule has 1 aromatic carbocycles. The molecule has 5 heteroatoms. The topological polar surface area (TPSA) is 62.1 Å². The number of carbonyl (C=O) groups excluding carboxylic acids is 1. The number of rotatable bonds is 6. The number of hydrogen-bond donors (Lipinski definition) is 1. The molecule has 1 aromatic rings. The van der Waals surface area contributed by atoms with Gasteiger partial charge in [-0.2, -0.15) is 5.26 Å². The molecule has 1 N–H and O–H groups in total. The number of benzene rings is 1. The van der Waals surface area contributed by atoms with Crippen LogP contribution in [0, 0.1) is 11.3 Å². The third-order valence-electron chi connectivity index (χ3n) is 2.29. The normalized spacial score (nSPS) is 9.61. The maximum absolute atomic E-state index is 11.3. The molecule has 96 valence electrons. The lowest BCUT2D eigenvalue weighted by molar-refractivity contribution is -0.141. The Morgan fingerprint density at radius 3 is 2.94 bits per heavy atom. The van der Waals surface area contributed by atoms with Crippen LogP contribution in [0.3, 0.4) is 0 Å². The zero-order valence-corrected chi connectivity index (χ0v) is 11.0. The first-order valence-corrected chi connectivity index (χ1v) is 6.14. The molecule has 4 nitrogen and oxygen atoms in total. The van der Waals surface area contributed by atoms with Crippen LogP contribution in [0.2, 0.25) is 5.02 Å². The summed E-state index contributed by atoms with van der Waals surface area (Å²) in [5.74, 6) is -0.302. The molecule has 0 aromatic heterocycles. The van der Waals surface area contributed by atoms with Gasteiger partial charge in [-0.25, -0.2) is 0 Å². The number of esters is 1. The first-order valence-electron chi connectivity index (χ1n) is 5.76. The van der Waals surface area contributed by atoms with E-state index in [4.69, 9.17) is 21.6 Å². The second-order valence-corrected chi connectivity index (χ2v) is 4.14. The highest BCUT2D eigenvalue weighted by Crippen LogP contribution is 2.19. The highest BCUT2D eigenvalue weighted by molar-refractivity contribution is 6.32. The molecule has 0 aliphatic heterocycles. The summed E-state index contributed by atoms with van der Waals surface area (Å²) < 4.78 is 4.99. The van der Waals surface area contributed by atoms with Gasteiger partial charge in [0.15, 0.2) is 0 Å². The van der Waals surface area contributed by atoms with Crippen molar-refractivity contribution in [3.8, 4) is 6.07 Å². The Bertz CT molecular complexity index is 455. The van der Waals surface area contributed by atoms with Gasteiger partial charge in [0.2, 0.25) is 0 Å². The van der Waals surface area contributed by atoms with Crippen LogP contribution in [0.1, 0.15) is 25.3 Å². The van der Waals surface area contributed by atoms with E-state index in [0.717, 1.165) is 12.8 Å². The molecular weight excluding hydrogens is 252 g/mol. The molecule has 0 aliphatic carbocycles. The molecule has 0 bridgehead atoms. The van der Waals surface area contributed by atoms with Crippen molar-refractivity contribution >= 4 is 23.3 Å². The average molecular weight is 267 g/mol. The Kier molecular flexibility index (Phi) is 6.03. The van der Waals surface area contributed by atoms with Crippen LogP contribution >= 0.6 is 11.6 Å². The summed E-state index contributed by atoms with van der Waals surface area (Å²) >= 11 is 5.87. The van der Waals surface area contributed by atoms with Crippen molar-refractivity contribution in [3.05, 3.63) is 28.8 Å². The Morgan fingerprint density at radius 2 is 2.33 bits per heavy atom. The summed E-state index contributed by atoms with van der Waals surface area (Å²) in [6.45, 7) is 2.57. The van der Waals surface area contributed by atoms with E-state index in [1.807, 2.05) is 13.0 Å². The molecule has 0 heterocycles. The minimum Gasteiger partial charge on any atom is -0.464 e. The zero-order valence-electron chi connectivity index (χ0n) is 10.2. The van der Waals surface area contributed by atoms with Crippen LogP contribution in [-0.2, 0) is 9.53 Å². The number of ether oxygens (including phenoxy) is 1. The van der Waals surface area contributed by atoms with Gasteiger partial charge in [-0.05, 0) is 24.6 Å². The summed E-state index contributed by atoms with van der Waals surface area (Å²) in [7, 11) is 0. The van der Waals surface area contributed by atoms with Crippen molar-refractivity contribution in [3.63, 3.8) is 0 Å². The van der Waals surface area contributed by atoms with Crippen LogP contribution in [0.15, 0.2) is 18.2 Å². The molecule has 0 radical (unpaired) electrons. The fourth-order valence-corrected chi connectivity index (χ4v) is 1.49. The number of unbranched alkanes of at least 4 members (excludes halogenated alkanes) is 1. The second kappa shape index (κ2) is 7.57. The molecule has 0 amide bonds. The van der Waals surface area contributed by atoms with Crippen LogP contribution in [0.4, 0.5) is 5.69 Å². The van der Waals surface area contributed by atoms with Gasteiger partial charge < -0.3 is 10.1 Å². The van der Waals surface area contributed by atoms with Crippen LogP contribution in [-0.4, -0.2) is 19.1 Å². The van der Waals surface area contributed by atoms with Crippen molar-refractivity contribution in [2.45, 2.75) is 19.8 Å². The lowest BCUT2D eigenvalue weighted by Crippen LogP contribution is -2.17. The number of nitrogens with one attached hydrogen (secondary N) is 1. The SMILES string of the molecule is CCCCOC(=O)CNc1ccc(C#N)c(Cl)c1. The number of nitrogens with zero attached hydrogens (tertiary/aromatic N) is 1. The van der Waals surface area contributed by atoms with Crippen LogP contribution in [0.5, 0.6) is 0 Å². The van der Waals surface area contributed by atoms with E-state index in [1.54, 1.807) is 18.2 Å². The molecule has 18 heavy (non-hydrogen) atoms. The number of anilines is 1. The van der Waals surface area contributed by atoms with Gasteiger partial charge in [0.25, 0.3) is 0 Å². The molecule has 0 saturated heterocycles. The van der Waals surface area contributed by atoms with Gasteiger partial charge >= 0.3 is 5.97 Å². The molecule has 0 aliphatic rings. The van der Waals surface area contributed by atoms with Gasteiger partial charge in [-0.15, -0.1) is 0 Å². The molecule has 0 saturated carbocycles. The van der Waals surface area contributed by atoms with Crippen molar-refractivity contribution in [2.75, 3.05) is 18.5 Å². The first kappa shape index (κ1) is 14.3. The fraction of sp³-hybridized carbons (Fsp3) is 0.385. The van der Waals surface area contributed by atoms with Crippen molar-refractivity contribution in [2.24, 2.45) is 0 Å². The zero-order chi connectivity index (χ0) is 13.4. The van der Waals surface area contributed by atoms with Crippen molar-refractivity contribution in [1.29, 1.82) is 5.26 Å². The predicted molar refractivity (Wildman–Crippen MR) is 70.5 cm³/mol. The van der Waals surface area contributed by atoms with E-state index in [0.29, 0.717) is 22.9 Å². The molecule has 0 atom stereocenters. The maximum atomic E-state index is 11.3. The summed E-state index contributed by atoms with van der Waals surface area (Å²) in [6, 6.07) is 6.88. The highest BCUT2D eigenvalue weighted by Gasteiger charge is 2.04. The van der Waals surface area contributed by atoms with E-state index in [-0.39, 0.29) is 12.5 Å². The average Bonchev–Trinajstić information content (AvgIpc) is 2.37. The van der Waals surface area contributed by atoms with Gasteiger partial charge in [0, 0.05) is 5.69 Å². The summed E-state index contributed by atoms with van der Waals surface area (Å²) in [5, 5.41) is 12.0. The molecule has 0 unspecified atom stereocenters. The minimum absolute atomic E-state index is 0.0892. The summed E-state index contributed by atoms with van der Waals surface area (Å²) in [5.41, 5.74) is 1.10. The number of halogens is 1. The standard InChI is InChI=1S/C13H15ClN2O2/c1-2-3-6-18-13(17)9-16-11-5-4-10(8-15)12(14)7-11/h4-5,7,16H,2-3,6,9H2,1H3. The van der Waals surface area contributed by atoms with Gasteiger partial charge in [0.05, 0.1) is 17.2 Å². The van der Waals surface area contributed by atoms with Crippen molar-refractivity contribution in [1.82, 2.24) is 0 Å². The van der Waals surface area contributed by atoms with E-state index in [1.165, 1.54) is 0 Å². The second-order valence-electron chi connectivity index (χ2n) is 3.73.